The van der Waals surface area contributed by atoms with Crippen LogP contribution in [0.15, 0.2) is 70.2 Å². The summed E-state index contributed by atoms with van der Waals surface area (Å²) in [7, 11) is 0. The topological polar surface area (TPSA) is 87.7 Å². The molecule has 0 bridgehead atoms. The Bertz CT molecular complexity index is 859. The van der Waals surface area contributed by atoms with Gasteiger partial charge < -0.3 is 16.4 Å². The lowest BCUT2D eigenvalue weighted by Crippen LogP contribution is -2.06. The SMILES string of the molecule is NC=NC=NCCNc1cc(Nc2ccccc2)ccc1-c1cncs1. The molecule has 4 N–H and O–H groups in total. The van der Waals surface area contributed by atoms with Crippen molar-refractivity contribution >= 4 is 41.1 Å². The normalized spacial score (nSPS) is 11.2. The van der Waals surface area contributed by atoms with E-state index in [1.165, 1.54) is 12.7 Å². The van der Waals surface area contributed by atoms with Crippen molar-refractivity contribution in [3.8, 4) is 10.4 Å². The van der Waals surface area contributed by atoms with Crippen LogP contribution in [0.25, 0.3) is 10.4 Å². The molecule has 0 fully saturated rings. The molecule has 0 aliphatic rings. The minimum atomic E-state index is 0.607. The maximum atomic E-state index is 5.18. The monoisotopic (exact) mass is 364 g/mol. The van der Waals surface area contributed by atoms with E-state index in [0.717, 1.165) is 27.5 Å². The predicted octanol–water partition coefficient (Wildman–Crippen LogP) is 3.98. The maximum Gasteiger partial charge on any atom is 0.111 e. The smallest absolute Gasteiger partial charge is 0.111 e. The summed E-state index contributed by atoms with van der Waals surface area (Å²) in [6.45, 7) is 1.30. The van der Waals surface area contributed by atoms with Gasteiger partial charge >= 0.3 is 0 Å². The fourth-order valence-corrected chi connectivity index (χ4v) is 3.08. The number of aliphatic imine (C=N–C) groups is 2. The molecule has 0 aliphatic heterocycles. The minimum absolute atomic E-state index is 0.607. The fraction of sp³-hybridized carbons (Fsp3) is 0.105. The Balaban J connectivity index is 1.77. The first-order valence-corrected chi connectivity index (χ1v) is 9.05. The quantitative estimate of drug-likeness (QED) is 0.320. The molecular formula is C19H20N6S. The van der Waals surface area contributed by atoms with Crippen LogP contribution in [0.3, 0.4) is 0 Å². The van der Waals surface area contributed by atoms with Gasteiger partial charge in [0.2, 0.25) is 0 Å². The van der Waals surface area contributed by atoms with E-state index in [2.05, 4.69) is 43.8 Å². The number of benzene rings is 2. The van der Waals surface area contributed by atoms with E-state index in [1.54, 1.807) is 11.3 Å². The number of thiazole rings is 1. The lowest BCUT2D eigenvalue weighted by atomic mass is 10.1. The highest BCUT2D eigenvalue weighted by atomic mass is 32.1. The molecule has 7 heteroatoms. The molecule has 0 saturated carbocycles. The molecule has 0 amide bonds. The first kappa shape index (κ1) is 17.6. The number of nitrogens with one attached hydrogen (secondary N) is 2. The second-order valence-corrected chi connectivity index (χ2v) is 6.25. The number of aromatic nitrogens is 1. The van der Waals surface area contributed by atoms with E-state index in [1.807, 2.05) is 42.0 Å². The van der Waals surface area contributed by atoms with Crippen molar-refractivity contribution < 1.29 is 0 Å². The Morgan fingerprint density at radius 1 is 1.12 bits per heavy atom. The van der Waals surface area contributed by atoms with Crippen LogP contribution in [0.5, 0.6) is 0 Å². The van der Waals surface area contributed by atoms with Crippen molar-refractivity contribution in [2.45, 2.75) is 0 Å². The summed E-state index contributed by atoms with van der Waals surface area (Å²) in [5.74, 6) is 0. The molecule has 6 nitrogen and oxygen atoms in total. The average molecular weight is 364 g/mol. The van der Waals surface area contributed by atoms with Gasteiger partial charge in [-0.25, -0.2) is 4.99 Å². The Labute approximate surface area is 156 Å². The first-order valence-electron chi connectivity index (χ1n) is 8.17. The maximum absolute atomic E-state index is 5.18. The Hall–Kier alpha value is -3.19. The zero-order valence-corrected chi connectivity index (χ0v) is 15.0. The largest absolute Gasteiger partial charge is 0.390 e. The van der Waals surface area contributed by atoms with Gasteiger partial charge in [-0.15, -0.1) is 11.3 Å². The van der Waals surface area contributed by atoms with E-state index in [4.69, 9.17) is 5.73 Å². The van der Waals surface area contributed by atoms with Crippen molar-refractivity contribution in [2.75, 3.05) is 23.7 Å². The molecular weight excluding hydrogens is 344 g/mol. The Kier molecular flexibility index (Phi) is 6.33. The molecule has 3 rings (SSSR count). The highest BCUT2D eigenvalue weighted by Crippen LogP contribution is 2.33. The van der Waals surface area contributed by atoms with Crippen molar-refractivity contribution in [2.24, 2.45) is 15.7 Å². The predicted molar refractivity (Wildman–Crippen MR) is 112 cm³/mol. The van der Waals surface area contributed by atoms with Gasteiger partial charge in [-0.3, -0.25) is 9.98 Å². The van der Waals surface area contributed by atoms with Crippen LogP contribution in [-0.2, 0) is 0 Å². The molecule has 0 spiro atoms. The summed E-state index contributed by atoms with van der Waals surface area (Å²) in [5, 5.41) is 6.87. The first-order chi connectivity index (χ1) is 12.9. The van der Waals surface area contributed by atoms with Crippen LogP contribution in [0.1, 0.15) is 0 Å². The van der Waals surface area contributed by atoms with Crippen molar-refractivity contribution in [1.82, 2.24) is 4.98 Å². The van der Waals surface area contributed by atoms with E-state index in [9.17, 15) is 0 Å². The Morgan fingerprint density at radius 3 is 2.77 bits per heavy atom. The molecule has 0 atom stereocenters. The standard InChI is InChI=1S/C19H20N6S/c20-12-23-13-21-8-9-24-18-10-16(25-15-4-2-1-3-5-15)6-7-17(18)19-11-22-14-26-19/h1-7,10-14,24-25H,8-9H2,(H2,20,21,23). The van der Waals surface area contributed by atoms with Gasteiger partial charge in [-0.1, -0.05) is 18.2 Å². The second-order valence-electron chi connectivity index (χ2n) is 5.36. The number of nitrogens with zero attached hydrogens (tertiary/aromatic N) is 3. The summed E-state index contributed by atoms with van der Waals surface area (Å²) in [4.78, 5) is 13.2. The second kappa shape index (κ2) is 9.33. The lowest BCUT2D eigenvalue weighted by Gasteiger charge is -2.14. The van der Waals surface area contributed by atoms with Crippen LogP contribution in [0, 0.1) is 0 Å². The molecule has 2 aromatic carbocycles. The summed E-state index contributed by atoms with van der Waals surface area (Å²) in [6, 6.07) is 16.4. The van der Waals surface area contributed by atoms with E-state index in [-0.39, 0.29) is 0 Å². The third-order valence-electron chi connectivity index (χ3n) is 3.57. The zero-order valence-electron chi connectivity index (χ0n) is 14.2. The van der Waals surface area contributed by atoms with Crippen LogP contribution < -0.4 is 16.4 Å². The van der Waals surface area contributed by atoms with Crippen molar-refractivity contribution in [3.63, 3.8) is 0 Å². The summed E-state index contributed by atoms with van der Waals surface area (Å²) in [5.41, 5.74) is 11.2. The number of para-hydroxylation sites is 1. The summed E-state index contributed by atoms with van der Waals surface area (Å²) < 4.78 is 0. The average Bonchev–Trinajstić information content (AvgIpc) is 3.20. The van der Waals surface area contributed by atoms with E-state index < -0.39 is 0 Å². The number of nitrogens with two attached hydrogens (primary N) is 1. The molecule has 3 aromatic rings. The number of anilines is 3. The van der Waals surface area contributed by atoms with Gasteiger partial charge in [0.05, 0.1) is 23.3 Å². The van der Waals surface area contributed by atoms with Gasteiger partial charge in [-0.05, 0) is 30.3 Å². The number of rotatable bonds is 8. The number of hydrogen-bond acceptors (Lipinski definition) is 5. The van der Waals surface area contributed by atoms with Crippen LogP contribution in [0.4, 0.5) is 17.1 Å². The number of hydrogen-bond donors (Lipinski definition) is 3. The molecule has 0 radical (unpaired) electrons. The van der Waals surface area contributed by atoms with Crippen LogP contribution in [0.2, 0.25) is 0 Å². The van der Waals surface area contributed by atoms with Crippen LogP contribution in [-0.4, -0.2) is 30.8 Å². The van der Waals surface area contributed by atoms with E-state index >= 15 is 0 Å². The summed E-state index contributed by atoms with van der Waals surface area (Å²) >= 11 is 1.62. The summed E-state index contributed by atoms with van der Waals surface area (Å²) in [6.07, 6.45) is 4.56. The third-order valence-corrected chi connectivity index (χ3v) is 4.38. The molecule has 132 valence electrons. The fourth-order valence-electron chi connectivity index (χ4n) is 2.42. The molecule has 0 aliphatic carbocycles. The van der Waals surface area contributed by atoms with Crippen molar-refractivity contribution in [1.29, 1.82) is 0 Å². The highest BCUT2D eigenvalue weighted by molar-refractivity contribution is 7.13. The van der Waals surface area contributed by atoms with Crippen molar-refractivity contribution in [3.05, 3.63) is 60.2 Å². The Morgan fingerprint density at radius 2 is 2.00 bits per heavy atom. The minimum Gasteiger partial charge on any atom is -0.390 e. The molecule has 1 heterocycles. The van der Waals surface area contributed by atoms with E-state index in [0.29, 0.717) is 13.1 Å². The van der Waals surface area contributed by atoms with Gasteiger partial charge in [-0.2, -0.15) is 0 Å². The van der Waals surface area contributed by atoms with Crippen LogP contribution >= 0.6 is 11.3 Å². The molecule has 0 saturated heterocycles. The molecule has 0 unspecified atom stereocenters. The highest BCUT2D eigenvalue weighted by Gasteiger charge is 2.08. The third kappa shape index (κ3) is 4.90. The van der Waals surface area contributed by atoms with Gasteiger partial charge in [0.25, 0.3) is 0 Å². The molecule has 1 aromatic heterocycles. The van der Waals surface area contributed by atoms with Gasteiger partial charge in [0, 0.05) is 35.4 Å². The zero-order chi connectivity index (χ0) is 18.0. The lowest BCUT2D eigenvalue weighted by molar-refractivity contribution is 1.03. The molecule has 26 heavy (non-hydrogen) atoms. The van der Waals surface area contributed by atoms with Gasteiger partial charge in [0.1, 0.15) is 6.34 Å². The van der Waals surface area contributed by atoms with Gasteiger partial charge in [0.15, 0.2) is 0 Å².